The normalized spacial score (nSPS) is 32.1. The number of hydrogen-bond donors (Lipinski definition) is 6. The maximum Gasteiger partial charge on any atom is 0.217 e. The topological polar surface area (TPSA) is 212 Å². The Bertz CT molecular complexity index is 916. The molecule has 1 amide bonds. The van der Waals surface area contributed by atoms with Crippen molar-refractivity contribution < 1.29 is 67.9 Å². The molecule has 0 aliphatic carbocycles. The lowest BCUT2D eigenvalue weighted by molar-refractivity contribution is -0.270. The average molecular weight is 676 g/mol. The van der Waals surface area contributed by atoms with Crippen LogP contribution < -0.4 is 5.32 Å². The van der Waals surface area contributed by atoms with E-state index in [1.165, 1.54) is 14.0 Å². The van der Waals surface area contributed by atoms with Gasteiger partial charge in [-0.15, -0.1) is 0 Å². The van der Waals surface area contributed by atoms with E-state index >= 15 is 0 Å². The van der Waals surface area contributed by atoms with Gasteiger partial charge in [0.25, 0.3) is 0 Å². The molecule has 258 valence electrons. The fourth-order valence-electron chi connectivity index (χ4n) is 4.61. The summed E-state index contributed by atoms with van der Waals surface area (Å²) >= 11 is 5.11. The van der Waals surface area contributed by atoms with E-state index in [4.69, 9.17) is 44.8 Å². The fraction of sp³-hybridized carbons (Fsp3) is 0.926. The van der Waals surface area contributed by atoms with Gasteiger partial charge in [0.05, 0.1) is 26.4 Å². The molecule has 2 saturated heterocycles. The van der Waals surface area contributed by atoms with Gasteiger partial charge < -0.3 is 63.6 Å². The molecule has 2 aliphatic heterocycles. The molecule has 0 bridgehead atoms. The molecule has 2 heterocycles. The number of unbranched alkanes of at least 4 members (excludes halogenated alkanes) is 1. The molecule has 7 unspecified atom stereocenters. The standard InChI is InChI=1S/C27H50NO14PS/c1-16(2)43(35,44)40-15-20-23(33)25(36-4)27(42-20)39-13-12-37-10-7-9-18(31)8-5-6-11-38-26-21(28-17(3)30)24(34)22(32)19(14-29)41-26/h16,19-27,29,32-34H,5-15H2,1-4H3,(H,28,30)(H,35,44)/t19?,20-,21?,22?,23?,24?,25+,26?,27-,43?/m1/s1. The molecule has 17 heteroatoms. The number of nitrogens with one attached hydrogen (secondary N) is 1. The summed E-state index contributed by atoms with van der Waals surface area (Å²) < 4.78 is 38.8. The molecule has 2 fully saturated rings. The van der Waals surface area contributed by atoms with E-state index in [0.29, 0.717) is 38.7 Å². The smallest absolute Gasteiger partial charge is 0.217 e. The number of carbonyl (C=O) groups excluding carboxylic acids is 2. The predicted octanol–water partition coefficient (Wildman–Crippen LogP) is -0.673. The Morgan fingerprint density at radius 3 is 2.20 bits per heavy atom. The fourth-order valence-corrected chi connectivity index (χ4v) is 5.45. The summed E-state index contributed by atoms with van der Waals surface area (Å²) in [5.74, 6) is -0.360. The Morgan fingerprint density at radius 1 is 0.909 bits per heavy atom. The summed E-state index contributed by atoms with van der Waals surface area (Å²) in [4.78, 5) is 33.9. The van der Waals surface area contributed by atoms with Gasteiger partial charge in [-0.3, -0.25) is 9.59 Å². The minimum Gasteiger partial charge on any atom is -0.394 e. The van der Waals surface area contributed by atoms with Crippen LogP contribution in [-0.2, 0) is 54.3 Å². The number of carbonyl (C=O) groups is 2. The van der Waals surface area contributed by atoms with Gasteiger partial charge in [-0.2, -0.15) is 0 Å². The number of methoxy groups -OCH3 is 1. The van der Waals surface area contributed by atoms with Crippen molar-refractivity contribution in [3.63, 3.8) is 0 Å². The summed E-state index contributed by atoms with van der Waals surface area (Å²) in [5.41, 5.74) is -0.225. The molecular weight excluding hydrogens is 625 g/mol. The first-order chi connectivity index (χ1) is 20.8. The number of Topliss-reactive ketones (excluding diaryl/α,β-unsaturated/α-hetero) is 1. The average Bonchev–Trinajstić information content (AvgIpc) is 3.28. The van der Waals surface area contributed by atoms with E-state index in [0.717, 1.165) is 0 Å². The molecule has 44 heavy (non-hydrogen) atoms. The number of ether oxygens (including phenoxy) is 6. The summed E-state index contributed by atoms with van der Waals surface area (Å²) in [6, 6.07) is -1.00. The molecule has 0 spiro atoms. The Kier molecular flexibility index (Phi) is 17.8. The van der Waals surface area contributed by atoms with E-state index < -0.39 is 74.3 Å². The minimum atomic E-state index is -2.99. The molecule has 0 aromatic rings. The molecule has 0 aromatic heterocycles. The van der Waals surface area contributed by atoms with Crippen LogP contribution in [-0.4, -0.2) is 145 Å². The van der Waals surface area contributed by atoms with Gasteiger partial charge in [0, 0.05) is 45.7 Å². The summed E-state index contributed by atoms with van der Waals surface area (Å²) in [6.07, 6.45) is -5.92. The van der Waals surface area contributed by atoms with Crippen LogP contribution in [0.1, 0.15) is 52.9 Å². The third kappa shape index (κ3) is 12.5. The number of ketones is 1. The van der Waals surface area contributed by atoms with Gasteiger partial charge in [-0.25, -0.2) is 0 Å². The van der Waals surface area contributed by atoms with Crippen LogP contribution in [0.15, 0.2) is 0 Å². The first kappa shape index (κ1) is 39.5. The monoisotopic (exact) mass is 675 g/mol. The molecule has 15 nitrogen and oxygen atoms in total. The molecule has 0 saturated carbocycles. The van der Waals surface area contributed by atoms with Crippen molar-refractivity contribution in [3.8, 4) is 0 Å². The van der Waals surface area contributed by atoms with Gasteiger partial charge in [0.15, 0.2) is 19.1 Å². The second-order valence-corrected chi connectivity index (χ2v) is 15.1. The lowest BCUT2D eigenvalue weighted by Gasteiger charge is -2.42. The van der Waals surface area contributed by atoms with Crippen LogP contribution in [0.5, 0.6) is 0 Å². The molecule has 0 aromatic carbocycles. The molecular formula is C27H50NO14PS. The van der Waals surface area contributed by atoms with E-state index in [1.54, 1.807) is 13.8 Å². The molecule has 6 N–H and O–H groups in total. The Balaban J connectivity index is 1.56. The SMILES string of the molecule is CO[C@H]1C(O)[C@@H](COP(O)(=S)C(C)C)O[C@H]1OCCOCCCC(=O)CCCCOC1OC(CO)C(O)C(O)C1NC(C)=O. The second kappa shape index (κ2) is 19.9. The van der Waals surface area contributed by atoms with Gasteiger partial charge in [-0.05, 0) is 31.1 Å². The maximum atomic E-state index is 12.2. The van der Waals surface area contributed by atoms with Gasteiger partial charge >= 0.3 is 0 Å². The second-order valence-electron chi connectivity index (χ2n) is 11.1. The zero-order chi connectivity index (χ0) is 32.9. The molecule has 2 aliphatic rings. The van der Waals surface area contributed by atoms with E-state index in [9.17, 15) is 34.9 Å². The van der Waals surface area contributed by atoms with Crippen molar-refractivity contribution in [2.45, 2.75) is 114 Å². The lowest BCUT2D eigenvalue weighted by atomic mass is 9.97. The zero-order valence-corrected chi connectivity index (χ0v) is 27.5. The Morgan fingerprint density at radius 2 is 1.57 bits per heavy atom. The van der Waals surface area contributed by atoms with Crippen LogP contribution >= 0.6 is 6.49 Å². The van der Waals surface area contributed by atoms with Crippen molar-refractivity contribution in [2.24, 2.45) is 0 Å². The first-order valence-corrected chi connectivity index (χ1v) is 17.6. The van der Waals surface area contributed by atoms with E-state index in [1.807, 2.05) is 0 Å². The molecule has 0 radical (unpaired) electrons. The van der Waals surface area contributed by atoms with Gasteiger partial charge in [0.1, 0.15) is 48.4 Å². The van der Waals surface area contributed by atoms with Crippen molar-refractivity contribution >= 4 is 30.0 Å². The van der Waals surface area contributed by atoms with Crippen molar-refractivity contribution in [2.75, 3.05) is 46.8 Å². The van der Waals surface area contributed by atoms with Crippen LogP contribution in [0.2, 0.25) is 0 Å². The summed E-state index contributed by atoms with van der Waals surface area (Å²) in [5, 5.41) is 42.7. The Hall–Kier alpha value is -0.690. The maximum absolute atomic E-state index is 12.2. The third-order valence-corrected chi connectivity index (χ3v) is 10.7. The van der Waals surface area contributed by atoms with Crippen LogP contribution in [0.3, 0.4) is 0 Å². The van der Waals surface area contributed by atoms with Crippen LogP contribution in [0.25, 0.3) is 0 Å². The molecule has 10 atom stereocenters. The third-order valence-electron chi connectivity index (χ3n) is 7.28. The van der Waals surface area contributed by atoms with Crippen molar-refractivity contribution in [1.82, 2.24) is 5.32 Å². The quantitative estimate of drug-likeness (QED) is 0.0658. The summed E-state index contributed by atoms with van der Waals surface area (Å²) in [7, 11) is 1.43. The number of rotatable bonds is 21. The highest BCUT2D eigenvalue weighted by Gasteiger charge is 2.46. The zero-order valence-electron chi connectivity index (χ0n) is 25.8. The lowest BCUT2D eigenvalue weighted by Crippen LogP contribution is -2.64. The van der Waals surface area contributed by atoms with E-state index in [2.05, 4.69) is 5.32 Å². The van der Waals surface area contributed by atoms with E-state index in [-0.39, 0.29) is 37.9 Å². The highest BCUT2D eigenvalue weighted by molar-refractivity contribution is 8.09. The number of amides is 1. The van der Waals surface area contributed by atoms with Crippen molar-refractivity contribution in [1.29, 1.82) is 0 Å². The Labute approximate surface area is 263 Å². The van der Waals surface area contributed by atoms with Crippen molar-refractivity contribution in [3.05, 3.63) is 0 Å². The van der Waals surface area contributed by atoms with Crippen LogP contribution in [0.4, 0.5) is 0 Å². The summed E-state index contributed by atoms with van der Waals surface area (Å²) in [6.45, 7) is 2.16. The predicted molar refractivity (Wildman–Crippen MR) is 159 cm³/mol. The first-order valence-electron chi connectivity index (χ1n) is 14.9. The van der Waals surface area contributed by atoms with Gasteiger partial charge in [0.2, 0.25) is 5.91 Å². The molecule has 2 rings (SSSR count). The number of aliphatic hydroxyl groups is 4. The number of aliphatic hydroxyl groups excluding tert-OH is 4. The largest absolute Gasteiger partial charge is 0.394 e. The highest BCUT2D eigenvalue weighted by Crippen LogP contribution is 2.48. The number of hydrogen-bond acceptors (Lipinski definition) is 14. The highest BCUT2D eigenvalue weighted by atomic mass is 32.5. The van der Waals surface area contributed by atoms with Crippen LogP contribution in [0, 0.1) is 0 Å². The van der Waals surface area contributed by atoms with Gasteiger partial charge in [-0.1, -0.05) is 13.8 Å². The minimum absolute atomic E-state index is 0.0733.